The summed E-state index contributed by atoms with van der Waals surface area (Å²) >= 11 is 1.95. The van der Waals surface area contributed by atoms with Gasteiger partial charge in [-0.1, -0.05) is 0 Å². The highest BCUT2D eigenvalue weighted by Crippen LogP contribution is 2.43. The van der Waals surface area contributed by atoms with Crippen LogP contribution in [0.25, 0.3) is 11.2 Å². The minimum absolute atomic E-state index is 0.0383. The van der Waals surface area contributed by atoms with Crippen molar-refractivity contribution in [2.24, 2.45) is 5.41 Å². The molecule has 0 radical (unpaired) electrons. The zero-order valence-corrected chi connectivity index (χ0v) is 19.5. The summed E-state index contributed by atoms with van der Waals surface area (Å²) < 4.78 is 66.0. The number of nitrogens with zero attached hydrogens (tertiary/aromatic N) is 8. The minimum Gasteiger partial charge on any atom is -0.367 e. The lowest BCUT2D eigenvalue weighted by Crippen LogP contribution is -2.58. The molecule has 8 nitrogen and oxygen atoms in total. The van der Waals surface area contributed by atoms with Crippen molar-refractivity contribution in [1.29, 1.82) is 0 Å². The predicted molar refractivity (Wildman–Crippen MR) is 117 cm³/mol. The summed E-state index contributed by atoms with van der Waals surface area (Å²) in [4.78, 5) is 20.1. The van der Waals surface area contributed by atoms with Gasteiger partial charge in [-0.15, -0.1) is 0 Å². The van der Waals surface area contributed by atoms with Gasteiger partial charge >= 0.3 is 6.18 Å². The topological polar surface area (TPSA) is 75.9 Å². The summed E-state index contributed by atoms with van der Waals surface area (Å²) in [6, 6.07) is 0. The second-order valence-corrected chi connectivity index (χ2v) is 9.48. The van der Waals surface area contributed by atoms with E-state index in [2.05, 4.69) is 29.9 Å². The van der Waals surface area contributed by atoms with E-state index < -0.39 is 25.0 Å². The maximum atomic E-state index is 12.9. The first-order valence-electron chi connectivity index (χ1n) is 10.1. The van der Waals surface area contributed by atoms with Crippen LogP contribution in [0.1, 0.15) is 17.9 Å². The van der Waals surface area contributed by atoms with Gasteiger partial charge in [-0.25, -0.2) is 33.4 Å². The molecule has 0 aliphatic carbocycles. The van der Waals surface area contributed by atoms with E-state index in [1.165, 1.54) is 10.9 Å². The van der Waals surface area contributed by atoms with Gasteiger partial charge in [0.05, 0.1) is 23.8 Å². The van der Waals surface area contributed by atoms with Crippen molar-refractivity contribution in [2.75, 3.05) is 36.0 Å². The second kappa shape index (κ2) is 7.84. The molecule has 5 rings (SSSR count). The van der Waals surface area contributed by atoms with Crippen molar-refractivity contribution in [2.45, 2.75) is 32.5 Å². The Morgan fingerprint density at radius 2 is 1.82 bits per heavy atom. The van der Waals surface area contributed by atoms with Crippen LogP contribution in [0, 0.1) is 16.0 Å². The Hall–Kier alpha value is -2.39. The first-order valence-corrected chi connectivity index (χ1v) is 11.2. The number of hydrogen-bond donors (Lipinski definition) is 0. The van der Waals surface area contributed by atoms with Crippen molar-refractivity contribution in [3.8, 4) is 0 Å². The van der Waals surface area contributed by atoms with E-state index in [4.69, 9.17) is 0 Å². The maximum absolute atomic E-state index is 12.9. The highest BCUT2D eigenvalue weighted by molar-refractivity contribution is 14.1. The number of halogens is 6. The van der Waals surface area contributed by atoms with E-state index in [0.29, 0.717) is 51.7 Å². The van der Waals surface area contributed by atoms with Crippen LogP contribution in [0.2, 0.25) is 0 Å². The molecule has 176 valence electrons. The fourth-order valence-corrected chi connectivity index (χ4v) is 5.18. The lowest BCUT2D eigenvalue weighted by Gasteiger charge is -2.49. The van der Waals surface area contributed by atoms with Gasteiger partial charge in [-0.3, -0.25) is 0 Å². The SMILES string of the molecule is Cc1nc(C(F)(F)F)ncc1N1CC2(CCN(c3cnc4c(I)nn(CC(F)F)c4n3)C2)C1. The highest BCUT2D eigenvalue weighted by Gasteiger charge is 2.49. The van der Waals surface area contributed by atoms with Crippen LogP contribution >= 0.6 is 22.6 Å². The number of aryl methyl sites for hydroxylation is 1. The Bertz CT molecular complexity index is 1210. The van der Waals surface area contributed by atoms with E-state index in [9.17, 15) is 22.0 Å². The molecular weight excluding hydrogens is 562 g/mol. The molecule has 2 aliphatic rings. The van der Waals surface area contributed by atoms with Gasteiger partial charge in [-0.2, -0.15) is 18.3 Å². The quantitative estimate of drug-likeness (QED) is 0.346. The van der Waals surface area contributed by atoms with Crippen LogP contribution in [0.15, 0.2) is 12.4 Å². The zero-order chi connectivity index (χ0) is 23.5. The summed E-state index contributed by atoms with van der Waals surface area (Å²) in [6.45, 7) is 3.73. The first kappa shape index (κ1) is 22.4. The van der Waals surface area contributed by atoms with Gasteiger partial charge in [0, 0.05) is 31.6 Å². The molecule has 33 heavy (non-hydrogen) atoms. The molecule has 0 amide bonds. The molecule has 0 N–H and O–H groups in total. The number of hydrogen-bond acceptors (Lipinski definition) is 7. The predicted octanol–water partition coefficient (Wildman–Crippen LogP) is 3.53. The molecule has 0 aromatic carbocycles. The lowest BCUT2D eigenvalue weighted by molar-refractivity contribution is -0.145. The first-order chi connectivity index (χ1) is 15.5. The van der Waals surface area contributed by atoms with Gasteiger partial charge in [0.1, 0.15) is 17.9 Å². The summed E-state index contributed by atoms with van der Waals surface area (Å²) in [5.74, 6) is -0.542. The molecule has 14 heteroatoms. The number of alkyl halides is 5. The van der Waals surface area contributed by atoms with Crippen LogP contribution in [0.3, 0.4) is 0 Å². The zero-order valence-electron chi connectivity index (χ0n) is 17.3. The van der Waals surface area contributed by atoms with Crippen molar-refractivity contribution in [1.82, 2.24) is 29.7 Å². The van der Waals surface area contributed by atoms with E-state index >= 15 is 0 Å². The van der Waals surface area contributed by atoms with E-state index in [1.807, 2.05) is 27.5 Å². The Balaban J connectivity index is 1.30. The van der Waals surface area contributed by atoms with Crippen molar-refractivity contribution in [3.63, 3.8) is 0 Å². The van der Waals surface area contributed by atoms with Crippen molar-refractivity contribution < 1.29 is 22.0 Å². The van der Waals surface area contributed by atoms with Gasteiger partial charge in [0.2, 0.25) is 5.82 Å². The fraction of sp³-hybridized carbons (Fsp3) is 0.526. The van der Waals surface area contributed by atoms with Crippen LogP contribution in [0.5, 0.6) is 0 Å². The van der Waals surface area contributed by atoms with Crippen LogP contribution in [-0.4, -0.2) is 62.3 Å². The van der Waals surface area contributed by atoms with E-state index in [0.717, 1.165) is 13.0 Å². The molecule has 0 bridgehead atoms. The molecule has 2 aliphatic heterocycles. The van der Waals surface area contributed by atoms with Crippen LogP contribution < -0.4 is 9.80 Å². The number of fused-ring (bicyclic) bond motifs is 1. The molecule has 0 saturated carbocycles. The third-order valence-corrected chi connectivity index (χ3v) is 6.79. The molecular formula is C19H18F5IN8. The highest BCUT2D eigenvalue weighted by atomic mass is 127. The van der Waals surface area contributed by atoms with E-state index in [-0.39, 0.29) is 5.41 Å². The molecule has 0 unspecified atom stereocenters. The van der Waals surface area contributed by atoms with Gasteiger partial charge in [-0.05, 0) is 35.9 Å². The van der Waals surface area contributed by atoms with Crippen molar-refractivity contribution in [3.05, 3.63) is 27.6 Å². The normalized spacial score (nSPS) is 18.1. The largest absolute Gasteiger partial charge is 0.451 e. The van der Waals surface area contributed by atoms with Gasteiger partial charge in [0.15, 0.2) is 9.35 Å². The molecule has 0 atom stereocenters. The average Bonchev–Trinajstić information content (AvgIpc) is 3.28. The van der Waals surface area contributed by atoms with Gasteiger partial charge < -0.3 is 9.80 Å². The fourth-order valence-electron chi connectivity index (χ4n) is 4.54. The number of anilines is 2. The summed E-state index contributed by atoms with van der Waals surface area (Å²) in [5, 5.41) is 4.12. The molecule has 3 aromatic rings. The van der Waals surface area contributed by atoms with Gasteiger partial charge in [0.25, 0.3) is 6.43 Å². The smallest absolute Gasteiger partial charge is 0.367 e. The average molecular weight is 580 g/mol. The third kappa shape index (κ3) is 4.05. The molecule has 1 spiro atoms. The second-order valence-electron chi connectivity index (χ2n) is 8.45. The number of rotatable bonds is 4. The minimum atomic E-state index is -4.57. The van der Waals surface area contributed by atoms with E-state index in [1.54, 1.807) is 13.1 Å². The summed E-state index contributed by atoms with van der Waals surface area (Å²) in [5.41, 5.74) is 1.66. The Morgan fingerprint density at radius 1 is 1.09 bits per heavy atom. The van der Waals surface area contributed by atoms with Crippen LogP contribution in [0.4, 0.5) is 33.5 Å². The standard InChI is InChI=1S/C19H18F5IN8/c1-10-11(4-27-17(28-10)19(22,23)24)32-8-18(9-32)2-3-31(7-18)13-5-26-14-15(25)30-33(6-12(20)21)16(14)29-13/h4-5,12H,2-3,6-9H2,1H3. The Kier molecular flexibility index (Phi) is 5.32. The molecule has 5 heterocycles. The molecule has 2 saturated heterocycles. The summed E-state index contributed by atoms with van der Waals surface area (Å²) in [6.07, 6.45) is -3.39. The molecule has 2 fully saturated rings. The van der Waals surface area contributed by atoms with Crippen LogP contribution in [-0.2, 0) is 12.7 Å². The summed E-state index contributed by atoms with van der Waals surface area (Å²) in [7, 11) is 0. The lowest BCUT2D eigenvalue weighted by atomic mass is 9.78. The Labute approximate surface area is 198 Å². The molecule has 3 aromatic heterocycles. The monoisotopic (exact) mass is 580 g/mol. The number of aromatic nitrogens is 6. The Morgan fingerprint density at radius 3 is 2.48 bits per heavy atom. The third-order valence-electron chi connectivity index (χ3n) is 6.06. The van der Waals surface area contributed by atoms with Crippen molar-refractivity contribution >= 4 is 45.3 Å². The maximum Gasteiger partial charge on any atom is 0.451 e.